The fraction of sp³-hybridized carbons (Fsp3) is 0.100. The van der Waals surface area contributed by atoms with Gasteiger partial charge in [0, 0.05) is 11.9 Å². The highest BCUT2D eigenvalue weighted by atomic mass is 35.5. The molecule has 0 bridgehead atoms. The summed E-state index contributed by atoms with van der Waals surface area (Å²) in [5.74, 6) is 0.372. The van der Waals surface area contributed by atoms with Gasteiger partial charge in [-0.2, -0.15) is 5.26 Å². The first-order chi connectivity index (χ1) is 14.0. The van der Waals surface area contributed by atoms with Gasteiger partial charge in [0.25, 0.3) is 0 Å². The van der Waals surface area contributed by atoms with Crippen LogP contribution in [0.2, 0.25) is 10.0 Å². The number of hydrogen-bond donors (Lipinski definition) is 2. The van der Waals surface area contributed by atoms with Gasteiger partial charge in [0.1, 0.15) is 11.8 Å². The Bertz CT molecular complexity index is 1260. The molecule has 7 nitrogen and oxygen atoms in total. The number of nitrogens with zero attached hydrogens (tertiary/aromatic N) is 5. The van der Waals surface area contributed by atoms with E-state index in [0.29, 0.717) is 44.3 Å². The molecule has 9 heteroatoms. The molecule has 1 atom stereocenters. The Morgan fingerprint density at radius 3 is 2.79 bits per heavy atom. The summed E-state index contributed by atoms with van der Waals surface area (Å²) in [6.45, 7) is 1.98. The molecule has 0 saturated carbocycles. The number of anilines is 2. The molecular weight excluding hydrogens is 409 g/mol. The Hall–Kier alpha value is -3.34. The highest BCUT2D eigenvalue weighted by Crippen LogP contribution is 2.29. The second kappa shape index (κ2) is 7.59. The SMILES string of the molecule is C[C@H](Nc1ncc(C#N)c(-c2cnc3c(Cl)cc(Cl)cn23)n1)c1cccc(N)c1. The van der Waals surface area contributed by atoms with Crippen LogP contribution in [-0.2, 0) is 0 Å². The minimum absolute atomic E-state index is 0.0923. The Morgan fingerprint density at radius 1 is 1.21 bits per heavy atom. The first kappa shape index (κ1) is 19.0. The van der Waals surface area contributed by atoms with E-state index < -0.39 is 0 Å². The maximum atomic E-state index is 9.53. The van der Waals surface area contributed by atoms with Crippen LogP contribution in [0, 0.1) is 11.3 Å². The zero-order chi connectivity index (χ0) is 20.5. The van der Waals surface area contributed by atoms with Crippen molar-refractivity contribution in [2.24, 2.45) is 0 Å². The zero-order valence-electron chi connectivity index (χ0n) is 15.3. The van der Waals surface area contributed by atoms with Crippen LogP contribution in [0.3, 0.4) is 0 Å². The highest BCUT2D eigenvalue weighted by molar-refractivity contribution is 6.36. The van der Waals surface area contributed by atoms with Gasteiger partial charge in [-0.3, -0.25) is 4.40 Å². The van der Waals surface area contributed by atoms with E-state index in [1.165, 1.54) is 6.20 Å². The van der Waals surface area contributed by atoms with Crippen LogP contribution < -0.4 is 11.1 Å². The van der Waals surface area contributed by atoms with Crippen LogP contribution in [0.1, 0.15) is 24.1 Å². The molecule has 29 heavy (non-hydrogen) atoms. The minimum Gasteiger partial charge on any atom is -0.399 e. The van der Waals surface area contributed by atoms with E-state index in [2.05, 4.69) is 26.3 Å². The van der Waals surface area contributed by atoms with E-state index in [1.807, 2.05) is 31.2 Å². The number of aromatic nitrogens is 4. The predicted molar refractivity (Wildman–Crippen MR) is 114 cm³/mol. The van der Waals surface area contributed by atoms with Crippen LogP contribution in [0.15, 0.2) is 48.9 Å². The Labute approximate surface area is 176 Å². The number of rotatable bonds is 4. The second-order valence-corrected chi connectivity index (χ2v) is 7.29. The van der Waals surface area contributed by atoms with Crippen molar-refractivity contribution in [2.75, 3.05) is 11.1 Å². The van der Waals surface area contributed by atoms with Crippen LogP contribution >= 0.6 is 23.2 Å². The molecule has 1 aromatic carbocycles. The van der Waals surface area contributed by atoms with Crippen LogP contribution in [0.25, 0.3) is 17.0 Å². The summed E-state index contributed by atoms with van der Waals surface area (Å²) in [6.07, 6.45) is 4.75. The van der Waals surface area contributed by atoms with Crippen molar-refractivity contribution in [1.82, 2.24) is 19.4 Å². The summed E-state index contributed by atoms with van der Waals surface area (Å²) in [7, 11) is 0. The van der Waals surface area contributed by atoms with Gasteiger partial charge in [-0.25, -0.2) is 15.0 Å². The molecule has 4 rings (SSSR count). The van der Waals surface area contributed by atoms with Crippen molar-refractivity contribution in [2.45, 2.75) is 13.0 Å². The Balaban J connectivity index is 1.76. The molecule has 0 radical (unpaired) electrons. The number of hydrogen-bond acceptors (Lipinski definition) is 6. The number of pyridine rings is 1. The van der Waals surface area contributed by atoms with Crippen LogP contribution in [0.4, 0.5) is 11.6 Å². The number of nitrogen functional groups attached to an aromatic ring is 1. The first-order valence-corrected chi connectivity index (χ1v) is 9.43. The normalized spacial score (nSPS) is 11.9. The maximum Gasteiger partial charge on any atom is 0.223 e. The molecule has 0 spiro atoms. The molecule has 3 heterocycles. The third-order valence-electron chi connectivity index (χ3n) is 4.44. The first-order valence-electron chi connectivity index (χ1n) is 8.68. The standard InChI is InChI=1S/C20H15Cl2N7/c1-11(12-3-2-4-15(24)5-12)27-20-26-8-13(7-23)18(28-20)17-9-25-19-16(22)6-14(21)10-29(17)19/h2-6,8-11H,24H2,1H3,(H,26,27,28)/t11-/m0/s1. The van der Waals surface area contributed by atoms with Gasteiger partial charge < -0.3 is 11.1 Å². The average Bonchev–Trinajstić information content (AvgIpc) is 3.12. The number of nitriles is 1. The number of imidazole rings is 1. The lowest BCUT2D eigenvalue weighted by atomic mass is 10.1. The average molecular weight is 424 g/mol. The smallest absolute Gasteiger partial charge is 0.223 e. The van der Waals surface area contributed by atoms with Crippen molar-refractivity contribution in [3.8, 4) is 17.5 Å². The third-order valence-corrected chi connectivity index (χ3v) is 4.92. The molecule has 0 amide bonds. The third kappa shape index (κ3) is 3.68. The van der Waals surface area contributed by atoms with Crippen molar-refractivity contribution in [3.63, 3.8) is 0 Å². The lowest BCUT2D eigenvalue weighted by Gasteiger charge is -2.15. The summed E-state index contributed by atoms with van der Waals surface area (Å²) in [6, 6.07) is 11.2. The fourth-order valence-electron chi connectivity index (χ4n) is 3.02. The van der Waals surface area contributed by atoms with E-state index in [4.69, 9.17) is 28.9 Å². The number of benzene rings is 1. The minimum atomic E-state index is -0.0923. The van der Waals surface area contributed by atoms with E-state index in [1.54, 1.807) is 22.9 Å². The van der Waals surface area contributed by atoms with E-state index in [0.717, 1.165) is 5.56 Å². The molecule has 3 N–H and O–H groups in total. The van der Waals surface area contributed by atoms with Gasteiger partial charge in [-0.15, -0.1) is 0 Å². The number of nitrogens with one attached hydrogen (secondary N) is 1. The summed E-state index contributed by atoms with van der Waals surface area (Å²) in [5, 5.41) is 13.6. The Morgan fingerprint density at radius 2 is 2.03 bits per heavy atom. The van der Waals surface area contributed by atoms with Crippen molar-refractivity contribution in [3.05, 3.63) is 70.1 Å². The van der Waals surface area contributed by atoms with Gasteiger partial charge in [0.05, 0.1) is 39.7 Å². The molecule has 0 saturated heterocycles. The number of nitrogens with two attached hydrogens (primary N) is 1. The molecule has 0 aliphatic heterocycles. The number of halogens is 2. The summed E-state index contributed by atoms with van der Waals surface area (Å²) in [5.41, 5.74) is 9.39. The predicted octanol–water partition coefficient (Wildman–Crippen LogP) is 4.73. The molecule has 4 aromatic rings. The molecule has 144 valence electrons. The fourth-order valence-corrected chi connectivity index (χ4v) is 3.54. The van der Waals surface area contributed by atoms with Gasteiger partial charge in [-0.05, 0) is 30.7 Å². The van der Waals surface area contributed by atoms with Crippen LogP contribution in [-0.4, -0.2) is 19.4 Å². The Kier molecular flexibility index (Phi) is 4.97. The molecular formula is C20H15Cl2N7. The van der Waals surface area contributed by atoms with E-state index >= 15 is 0 Å². The highest BCUT2D eigenvalue weighted by Gasteiger charge is 2.17. The second-order valence-electron chi connectivity index (χ2n) is 6.45. The van der Waals surface area contributed by atoms with Crippen molar-refractivity contribution < 1.29 is 0 Å². The molecule has 3 aromatic heterocycles. The van der Waals surface area contributed by atoms with E-state index in [9.17, 15) is 5.26 Å². The monoisotopic (exact) mass is 423 g/mol. The van der Waals surface area contributed by atoms with Crippen molar-refractivity contribution >= 4 is 40.5 Å². The molecule has 0 fully saturated rings. The van der Waals surface area contributed by atoms with Gasteiger partial charge in [0.2, 0.25) is 5.95 Å². The summed E-state index contributed by atoms with van der Waals surface area (Å²) < 4.78 is 1.71. The van der Waals surface area contributed by atoms with E-state index in [-0.39, 0.29) is 6.04 Å². The van der Waals surface area contributed by atoms with Crippen LogP contribution in [0.5, 0.6) is 0 Å². The summed E-state index contributed by atoms with van der Waals surface area (Å²) in [4.78, 5) is 13.2. The molecule has 0 unspecified atom stereocenters. The zero-order valence-corrected chi connectivity index (χ0v) is 16.8. The van der Waals surface area contributed by atoms with Crippen molar-refractivity contribution in [1.29, 1.82) is 5.26 Å². The van der Waals surface area contributed by atoms with Gasteiger partial charge >= 0.3 is 0 Å². The summed E-state index contributed by atoms with van der Waals surface area (Å²) >= 11 is 12.4. The maximum absolute atomic E-state index is 9.53. The largest absolute Gasteiger partial charge is 0.399 e. The van der Waals surface area contributed by atoms with Gasteiger partial charge in [-0.1, -0.05) is 35.3 Å². The lowest BCUT2D eigenvalue weighted by molar-refractivity contribution is 0.860. The van der Waals surface area contributed by atoms with Gasteiger partial charge in [0.15, 0.2) is 5.65 Å². The number of fused-ring (bicyclic) bond motifs is 1. The lowest BCUT2D eigenvalue weighted by Crippen LogP contribution is -2.11. The quantitative estimate of drug-likeness (QED) is 0.459. The topological polar surface area (TPSA) is 105 Å². The molecule has 0 aliphatic carbocycles. The molecule has 0 aliphatic rings.